The summed E-state index contributed by atoms with van der Waals surface area (Å²) in [4.78, 5) is 37.8. The monoisotopic (exact) mass is 1040 g/mol. The van der Waals surface area contributed by atoms with Gasteiger partial charge in [0.05, 0.1) is 0 Å². The van der Waals surface area contributed by atoms with Crippen molar-refractivity contribution in [3.8, 4) is 0 Å². The fourth-order valence-electron chi connectivity index (χ4n) is 8.38. The molecule has 0 aliphatic rings. The predicted molar refractivity (Wildman–Crippen MR) is 325 cm³/mol. The Balaban J connectivity index is 3.99. The van der Waals surface area contributed by atoms with E-state index in [2.05, 4.69) is 142 Å². The SMILES string of the molecule is CC/C=C\C/C=C\C/C=C\C/C=C\C/C=C\C/C=C\CCCCCCCCCCCCCCCCCCC(=O)OCC(COC(=O)CCCCCCC)OC(=O)CCCCCC/C=C\C/C=C\C/C=C\C/C=C\CC. The van der Waals surface area contributed by atoms with E-state index in [1.807, 2.05) is 0 Å². The Morgan fingerprint density at radius 2 is 0.520 bits per heavy atom. The molecule has 0 N–H and O–H groups in total. The number of carbonyl (C=O) groups excluding carboxylic acids is 3. The number of carbonyl (C=O) groups is 3. The molecular formula is C69H114O6. The molecule has 75 heavy (non-hydrogen) atoms. The molecule has 0 aromatic carbocycles. The maximum Gasteiger partial charge on any atom is 0.306 e. The molecule has 0 radical (unpaired) electrons. The zero-order valence-electron chi connectivity index (χ0n) is 48.8. The number of hydrogen-bond donors (Lipinski definition) is 0. The van der Waals surface area contributed by atoms with Crippen LogP contribution in [0.2, 0.25) is 0 Å². The minimum atomic E-state index is -0.788. The van der Waals surface area contributed by atoms with Crippen molar-refractivity contribution in [2.75, 3.05) is 13.2 Å². The van der Waals surface area contributed by atoms with Gasteiger partial charge in [0, 0.05) is 19.3 Å². The average Bonchev–Trinajstić information content (AvgIpc) is 3.41. The van der Waals surface area contributed by atoms with Gasteiger partial charge in [-0.2, -0.15) is 0 Å². The largest absolute Gasteiger partial charge is 0.462 e. The standard InChI is InChI=1S/C69H114O6/c1-4-7-10-13-15-17-19-21-23-25-26-27-28-29-30-31-32-33-34-35-36-37-38-39-40-41-42-44-45-47-49-51-53-56-59-62-68(71)74-65-66(64-73-67(70)61-58-55-12-9-6-3)75-69(72)63-60-57-54-52-50-48-46-43-24-22-20-18-16-14-11-8-5-2/h7-8,10-11,15-18,21-24,26-27,29-30,32-33,46,48,66H,4-6,9,12-14,19-20,25,28,31,34-45,47,49-65H2,1-3H3/b10-7-,11-8-,17-15-,18-16-,23-21-,24-22-,27-26-,30-29-,33-32-,48-46-. The van der Waals surface area contributed by atoms with Crippen molar-refractivity contribution in [1.29, 1.82) is 0 Å². The van der Waals surface area contributed by atoms with Gasteiger partial charge in [0.2, 0.25) is 0 Å². The van der Waals surface area contributed by atoms with Crippen LogP contribution in [0.3, 0.4) is 0 Å². The normalized spacial score (nSPS) is 12.9. The smallest absolute Gasteiger partial charge is 0.306 e. The van der Waals surface area contributed by atoms with Gasteiger partial charge in [-0.15, -0.1) is 0 Å². The van der Waals surface area contributed by atoms with Crippen molar-refractivity contribution >= 4 is 17.9 Å². The first-order chi connectivity index (χ1) is 37.0. The van der Waals surface area contributed by atoms with Crippen LogP contribution in [-0.4, -0.2) is 37.2 Å². The van der Waals surface area contributed by atoms with Crippen LogP contribution >= 0.6 is 0 Å². The van der Waals surface area contributed by atoms with Gasteiger partial charge in [-0.25, -0.2) is 0 Å². The molecule has 6 heteroatoms. The topological polar surface area (TPSA) is 78.9 Å². The Labute approximate surface area is 462 Å². The molecule has 1 atom stereocenters. The lowest BCUT2D eigenvalue weighted by Crippen LogP contribution is -2.30. The molecule has 0 saturated carbocycles. The predicted octanol–water partition coefficient (Wildman–Crippen LogP) is 21.2. The quantitative estimate of drug-likeness (QED) is 0.0261. The summed E-state index contributed by atoms with van der Waals surface area (Å²) < 4.78 is 16.7. The van der Waals surface area contributed by atoms with Crippen LogP contribution in [0.5, 0.6) is 0 Å². The molecule has 0 amide bonds. The minimum absolute atomic E-state index is 0.0878. The van der Waals surface area contributed by atoms with Crippen LogP contribution in [0.15, 0.2) is 122 Å². The molecular weight excluding hydrogens is 925 g/mol. The van der Waals surface area contributed by atoms with E-state index >= 15 is 0 Å². The molecule has 0 aromatic rings. The first-order valence-corrected chi connectivity index (χ1v) is 31.0. The van der Waals surface area contributed by atoms with Gasteiger partial charge in [-0.05, 0) is 109 Å². The second-order valence-electron chi connectivity index (χ2n) is 20.2. The zero-order chi connectivity index (χ0) is 54.3. The molecule has 0 aromatic heterocycles. The van der Waals surface area contributed by atoms with Gasteiger partial charge in [-0.1, -0.05) is 271 Å². The molecule has 0 spiro atoms. The van der Waals surface area contributed by atoms with Crippen molar-refractivity contribution in [2.24, 2.45) is 0 Å². The molecule has 0 aliphatic heterocycles. The maximum atomic E-state index is 12.8. The van der Waals surface area contributed by atoms with Gasteiger partial charge < -0.3 is 14.2 Å². The summed E-state index contributed by atoms with van der Waals surface area (Å²) in [6.07, 6.45) is 86.9. The van der Waals surface area contributed by atoms with Crippen LogP contribution in [-0.2, 0) is 28.6 Å². The first-order valence-electron chi connectivity index (χ1n) is 31.0. The van der Waals surface area contributed by atoms with Crippen molar-refractivity contribution in [3.63, 3.8) is 0 Å². The second-order valence-corrected chi connectivity index (χ2v) is 20.2. The van der Waals surface area contributed by atoms with E-state index in [9.17, 15) is 14.4 Å². The molecule has 6 nitrogen and oxygen atoms in total. The highest BCUT2D eigenvalue weighted by Crippen LogP contribution is 2.16. The summed E-state index contributed by atoms with van der Waals surface area (Å²) in [7, 11) is 0. The van der Waals surface area contributed by atoms with E-state index in [0.717, 1.165) is 141 Å². The Morgan fingerprint density at radius 1 is 0.280 bits per heavy atom. The van der Waals surface area contributed by atoms with Crippen molar-refractivity contribution in [3.05, 3.63) is 122 Å². The van der Waals surface area contributed by atoms with Crippen LogP contribution in [0.25, 0.3) is 0 Å². The fourth-order valence-corrected chi connectivity index (χ4v) is 8.38. The zero-order valence-corrected chi connectivity index (χ0v) is 48.8. The van der Waals surface area contributed by atoms with Crippen LogP contribution in [0.4, 0.5) is 0 Å². The molecule has 426 valence electrons. The van der Waals surface area contributed by atoms with Gasteiger partial charge in [-0.3, -0.25) is 14.4 Å². The summed E-state index contributed by atoms with van der Waals surface area (Å²) in [5.41, 5.74) is 0. The Morgan fingerprint density at radius 3 is 0.813 bits per heavy atom. The van der Waals surface area contributed by atoms with Crippen molar-refractivity contribution < 1.29 is 28.6 Å². The summed E-state index contributed by atoms with van der Waals surface area (Å²) in [5, 5.41) is 0. The van der Waals surface area contributed by atoms with Crippen molar-refractivity contribution in [1.82, 2.24) is 0 Å². The maximum absolute atomic E-state index is 12.8. The number of ether oxygens (including phenoxy) is 3. The lowest BCUT2D eigenvalue weighted by molar-refractivity contribution is -0.167. The summed E-state index contributed by atoms with van der Waals surface area (Å²) in [5.74, 6) is -0.924. The third kappa shape index (κ3) is 60.6. The summed E-state index contributed by atoms with van der Waals surface area (Å²) >= 11 is 0. The first kappa shape index (κ1) is 70.8. The number of hydrogen-bond acceptors (Lipinski definition) is 6. The Hall–Kier alpha value is -4.19. The van der Waals surface area contributed by atoms with E-state index in [-0.39, 0.29) is 31.1 Å². The number of esters is 3. The lowest BCUT2D eigenvalue weighted by Gasteiger charge is -2.18. The van der Waals surface area contributed by atoms with E-state index in [4.69, 9.17) is 14.2 Å². The molecule has 0 rings (SSSR count). The molecule has 0 aliphatic carbocycles. The number of rotatable bonds is 55. The van der Waals surface area contributed by atoms with Crippen molar-refractivity contribution in [2.45, 2.75) is 284 Å². The fraction of sp³-hybridized carbons (Fsp3) is 0.667. The van der Waals surface area contributed by atoms with Gasteiger partial charge in [0.1, 0.15) is 13.2 Å². The molecule has 0 saturated heterocycles. The third-order valence-corrected chi connectivity index (χ3v) is 13.0. The number of allylic oxidation sites excluding steroid dienone is 20. The molecule has 0 fully saturated rings. The van der Waals surface area contributed by atoms with Gasteiger partial charge in [0.25, 0.3) is 0 Å². The van der Waals surface area contributed by atoms with E-state index in [1.165, 1.54) is 96.3 Å². The lowest BCUT2D eigenvalue weighted by atomic mass is 10.0. The molecule has 0 bridgehead atoms. The highest BCUT2D eigenvalue weighted by molar-refractivity contribution is 5.71. The minimum Gasteiger partial charge on any atom is -0.462 e. The summed E-state index contributed by atoms with van der Waals surface area (Å²) in [6, 6.07) is 0. The van der Waals surface area contributed by atoms with E-state index < -0.39 is 6.10 Å². The average molecular weight is 1040 g/mol. The second kappa shape index (κ2) is 62.4. The van der Waals surface area contributed by atoms with Crippen LogP contribution < -0.4 is 0 Å². The van der Waals surface area contributed by atoms with Crippen LogP contribution in [0.1, 0.15) is 278 Å². The van der Waals surface area contributed by atoms with Gasteiger partial charge >= 0.3 is 17.9 Å². The van der Waals surface area contributed by atoms with Gasteiger partial charge in [0.15, 0.2) is 6.10 Å². The van der Waals surface area contributed by atoms with E-state index in [1.54, 1.807) is 0 Å². The Bertz CT molecular complexity index is 1570. The van der Waals surface area contributed by atoms with E-state index in [0.29, 0.717) is 19.3 Å². The highest BCUT2D eigenvalue weighted by Gasteiger charge is 2.19. The molecule has 1 unspecified atom stereocenters. The Kier molecular flexibility index (Phi) is 58.9. The van der Waals surface area contributed by atoms with Crippen LogP contribution in [0, 0.1) is 0 Å². The highest BCUT2D eigenvalue weighted by atomic mass is 16.6. The molecule has 0 heterocycles. The summed E-state index contributed by atoms with van der Waals surface area (Å²) in [6.45, 7) is 6.31. The third-order valence-electron chi connectivity index (χ3n) is 13.0. The number of unbranched alkanes of at least 4 members (excludes halogenated alkanes) is 24.